The summed E-state index contributed by atoms with van der Waals surface area (Å²) in [7, 11) is 0. The van der Waals surface area contributed by atoms with Gasteiger partial charge in [-0.25, -0.2) is 0 Å². The summed E-state index contributed by atoms with van der Waals surface area (Å²) in [5, 5.41) is 0. The highest BCUT2D eigenvalue weighted by Gasteiger charge is 1.93. The van der Waals surface area contributed by atoms with Crippen molar-refractivity contribution >= 4 is 0 Å². The van der Waals surface area contributed by atoms with E-state index in [0.717, 1.165) is 17.8 Å². The van der Waals surface area contributed by atoms with Crippen molar-refractivity contribution in [1.82, 2.24) is 0 Å². The Labute approximate surface area is 157 Å². The van der Waals surface area contributed by atoms with Crippen molar-refractivity contribution in [2.45, 2.75) is 139 Å². The molecule has 0 nitrogen and oxygen atoms in total. The van der Waals surface area contributed by atoms with E-state index in [1.807, 2.05) is 0 Å². The van der Waals surface area contributed by atoms with Gasteiger partial charge < -0.3 is 0 Å². The van der Waals surface area contributed by atoms with Crippen LogP contribution in [-0.4, -0.2) is 0 Å². The summed E-state index contributed by atoms with van der Waals surface area (Å²) in [6.07, 6.45) is 16.9. The van der Waals surface area contributed by atoms with Crippen LogP contribution in [0.1, 0.15) is 139 Å². The quantitative estimate of drug-likeness (QED) is 0.309. The number of rotatable bonds is 12. The number of hydrogen-bond donors (Lipinski definition) is 0. The summed E-state index contributed by atoms with van der Waals surface area (Å²) < 4.78 is 0. The molecule has 0 N–H and O–H groups in total. The van der Waals surface area contributed by atoms with Gasteiger partial charge in [-0.05, 0) is 17.8 Å². The Kier molecular flexibility index (Phi) is 30.3. The molecule has 0 saturated carbocycles. The van der Waals surface area contributed by atoms with Crippen molar-refractivity contribution in [2.24, 2.45) is 17.8 Å². The summed E-state index contributed by atoms with van der Waals surface area (Å²) in [5.74, 6) is 2.71. The molecule has 0 heterocycles. The fourth-order valence-corrected chi connectivity index (χ4v) is 2.54. The minimum atomic E-state index is 0.898. The summed E-state index contributed by atoms with van der Waals surface area (Å²) in [4.78, 5) is 0. The van der Waals surface area contributed by atoms with Crippen LogP contribution in [0.4, 0.5) is 0 Å². The molecular weight excluding hydrogens is 288 g/mol. The van der Waals surface area contributed by atoms with Gasteiger partial charge >= 0.3 is 0 Å². The molecule has 0 aliphatic carbocycles. The molecule has 0 rings (SSSR count). The van der Waals surface area contributed by atoms with Crippen molar-refractivity contribution in [3.8, 4) is 0 Å². The molecule has 0 aromatic rings. The Hall–Kier alpha value is 0. The first-order chi connectivity index (χ1) is 11.3. The van der Waals surface area contributed by atoms with E-state index in [1.54, 1.807) is 0 Å². The molecule has 0 aliphatic rings. The molecule has 150 valence electrons. The van der Waals surface area contributed by atoms with Crippen LogP contribution in [0.15, 0.2) is 0 Å². The zero-order chi connectivity index (χ0) is 19.2. The first-order valence-corrected chi connectivity index (χ1v) is 11.3. The average Bonchev–Trinajstić information content (AvgIpc) is 2.48. The van der Waals surface area contributed by atoms with Gasteiger partial charge in [0.05, 0.1) is 0 Å². The molecule has 0 radical (unpaired) electrons. The van der Waals surface area contributed by atoms with Gasteiger partial charge in [0.2, 0.25) is 0 Å². The predicted molar refractivity (Wildman–Crippen MR) is 117 cm³/mol. The van der Waals surface area contributed by atoms with E-state index < -0.39 is 0 Å². The molecule has 0 atom stereocenters. The minimum absolute atomic E-state index is 0.898. The highest BCUT2D eigenvalue weighted by atomic mass is 14.0. The molecular formula is C24H54. The Balaban J connectivity index is -0.000000285. The summed E-state index contributed by atoms with van der Waals surface area (Å²) in [6, 6.07) is 0. The highest BCUT2D eigenvalue weighted by Crippen LogP contribution is 2.10. The zero-order valence-electron chi connectivity index (χ0n) is 19.2. The molecule has 0 bridgehead atoms. The van der Waals surface area contributed by atoms with Gasteiger partial charge in [-0.15, -0.1) is 0 Å². The van der Waals surface area contributed by atoms with E-state index in [4.69, 9.17) is 0 Å². The fraction of sp³-hybridized carbons (Fsp3) is 1.00. The standard InChI is InChI=1S/C10H22.C8H18.C6H14/c1-4-5-6-7-8-9-10(2)3;1-4-5-6-7-8(2)3;1-4-5-6(2)3/h10H,4-9H2,1-3H3;8H,4-7H2,1-3H3;6H,4-5H2,1-3H3. The lowest BCUT2D eigenvalue weighted by Crippen LogP contribution is -1.86. The van der Waals surface area contributed by atoms with Crippen LogP contribution in [0.2, 0.25) is 0 Å². The van der Waals surface area contributed by atoms with Crippen LogP contribution in [-0.2, 0) is 0 Å². The summed E-state index contributed by atoms with van der Waals surface area (Å²) in [5.41, 5.74) is 0. The van der Waals surface area contributed by atoms with E-state index >= 15 is 0 Å². The third-order valence-electron chi connectivity index (χ3n) is 4.14. The van der Waals surface area contributed by atoms with Crippen molar-refractivity contribution in [1.29, 1.82) is 0 Å². The van der Waals surface area contributed by atoms with Crippen molar-refractivity contribution in [3.05, 3.63) is 0 Å². The second-order valence-electron chi connectivity index (χ2n) is 8.67. The zero-order valence-corrected chi connectivity index (χ0v) is 19.2. The minimum Gasteiger partial charge on any atom is -0.0654 e. The third-order valence-corrected chi connectivity index (χ3v) is 4.14. The monoisotopic (exact) mass is 342 g/mol. The van der Waals surface area contributed by atoms with Gasteiger partial charge in [0.1, 0.15) is 0 Å². The Morgan fingerprint density at radius 3 is 1.00 bits per heavy atom. The van der Waals surface area contributed by atoms with Gasteiger partial charge in [0, 0.05) is 0 Å². The van der Waals surface area contributed by atoms with Crippen molar-refractivity contribution in [3.63, 3.8) is 0 Å². The Morgan fingerprint density at radius 2 is 0.708 bits per heavy atom. The van der Waals surface area contributed by atoms with Gasteiger partial charge in [0.25, 0.3) is 0 Å². The largest absolute Gasteiger partial charge is 0.0654 e. The number of hydrogen-bond acceptors (Lipinski definition) is 0. The maximum absolute atomic E-state index is 2.31. The van der Waals surface area contributed by atoms with E-state index in [0.29, 0.717) is 0 Å². The topological polar surface area (TPSA) is 0 Å². The maximum atomic E-state index is 2.31. The highest BCUT2D eigenvalue weighted by molar-refractivity contribution is 4.47. The van der Waals surface area contributed by atoms with Crippen LogP contribution < -0.4 is 0 Å². The molecule has 0 aromatic carbocycles. The Bertz CT molecular complexity index is 178. The summed E-state index contributed by atoms with van der Waals surface area (Å²) >= 11 is 0. The fourth-order valence-electron chi connectivity index (χ4n) is 2.54. The molecule has 0 spiro atoms. The second-order valence-corrected chi connectivity index (χ2v) is 8.67. The van der Waals surface area contributed by atoms with Gasteiger partial charge in [-0.1, -0.05) is 139 Å². The van der Waals surface area contributed by atoms with E-state index in [2.05, 4.69) is 62.3 Å². The van der Waals surface area contributed by atoms with Crippen LogP contribution in [0.3, 0.4) is 0 Å². The van der Waals surface area contributed by atoms with Gasteiger partial charge in [-0.3, -0.25) is 0 Å². The molecule has 0 saturated heterocycles. The first kappa shape index (κ1) is 28.8. The predicted octanol–water partition coefficient (Wildman–Crippen LogP) is 9.67. The smallest absolute Gasteiger partial charge is 0.0471 e. The third kappa shape index (κ3) is 43.1. The number of unbranched alkanes of at least 4 members (excludes halogenated alkanes) is 6. The van der Waals surface area contributed by atoms with E-state index in [1.165, 1.54) is 77.0 Å². The van der Waals surface area contributed by atoms with Crippen molar-refractivity contribution < 1.29 is 0 Å². The molecule has 0 aromatic heterocycles. The average molecular weight is 343 g/mol. The SMILES string of the molecule is CCCC(C)C.CCCCCC(C)C.CCCCCCCC(C)C. The summed E-state index contributed by atoms with van der Waals surface area (Å²) in [6.45, 7) is 20.4. The molecule has 24 heavy (non-hydrogen) atoms. The van der Waals surface area contributed by atoms with Gasteiger partial charge in [-0.2, -0.15) is 0 Å². The van der Waals surface area contributed by atoms with Crippen LogP contribution in [0, 0.1) is 17.8 Å². The van der Waals surface area contributed by atoms with Gasteiger partial charge in [0.15, 0.2) is 0 Å². The lowest BCUT2D eigenvalue weighted by atomic mass is 10.0. The van der Waals surface area contributed by atoms with E-state index in [-0.39, 0.29) is 0 Å². The maximum Gasteiger partial charge on any atom is -0.0471 e. The Morgan fingerprint density at radius 1 is 0.375 bits per heavy atom. The lowest BCUT2D eigenvalue weighted by molar-refractivity contribution is 0.518. The molecule has 0 fully saturated rings. The molecule has 0 heteroatoms. The lowest BCUT2D eigenvalue weighted by Gasteiger charge is -2.02. The normalized spacial score (nSPS) is 10.5. The second kappa shape index (κ2) is 25.2. The molecule has 0 amide bonds. The van der Waals surface area contributed by atoms with E-state index in [9.17, 15) is 0 Å². The van der Waals surface area contributed by atoms with Crippen LogP contribution >= 0.6 is 0 Å². The first-order valence-electron chi connectivity index (χ1n) is 11.3. The van der Waals surface area contributed by atoms with Crippen molar-refractivity contribution in [2.75, 3.05) is 0 Å². The molecule has 0 unspecified atom stereocenters. The molecule has 0 aliphatic heterocycles. The van der Waals surface area contributed by atoms with Crippen LogP contribution in [0.25, 0.3) is 0 Å². The van der Waals surface area contributed by atoms with Crippen LogP contribution in [0.5, 0.6) is 0 Å².